The van der Waals surface area contributed by atoms with Gasteiger partial charge in [-0.1, -0.05) is 6.07 Å². The third kappa shape index (κ3) is 3.87. The van der Waals surface area contributed by atoms with Gasteiger partial charge in [0.05, 0.1) is 31.2 Å². The summed E-state index contributed by atoms with van der Waals surface area (Å²) in [7, 11) is 0. The number of nitrogens with zero attached hydrogens (tertiary/aromatic N) is 4. The number of fused-ring (bicyclic) bond motifs is 1. The highest BCUT2D eigenvalue weighted by Crippen LogP contribution is 2.34. The standard InChI is InChI=1S/C21H19F3N4O2/c1-3-30-18-6-15(7-25-9-18)14-4-13(2)19-16(5-14)10-28(20(19)29)17-8-26-27(11-17)12-21(22,23)24/h4-9,11H,3,10,12H2,1-2H3. The number of halogens is 3. The highest BCUT2D eigenvalue weighted by molar-refractivity contribution is 6.11. The van der Waals surface area contributed by atoms with E-state index in [1.165, 1.54) is 17.3 Å². The lowest BCUT2D eigenvalue weighted by Gasteiger charge is -2.12. The van der Waals surface area contributed by atoms with Crippen LogP contribution in [-0.2, 0) is 13.1 Å². The van der Waals surface area contributed by atoms with Crippen LogP contribution in [0.4, 0.5) is 18.9 Å². The van der Waals surface area contributed by atoms with E-state index in [0.717, 1.165) is 26.9 Å². The Hall–Kier alpha value is -3.36. The first kappa shape index (κ1) is 19.9. The minimum Gasteiger partial charge on any atom is -0.492 e. The summed E-state index contributed by atoms with van der Waals surface area (Å²) in [5.41, 5.74) is 4.25. The lowest BCUT2D eigenvalue weighted by Crippen LogP contribution is -2.23. The molecule has 0 atom stereocenters. The Morgan fingerprint density at radius 2 is 1.93 bits per heavy atom. The van der Waals surface area contributed by atoms with Crippen LogP contribution in [0.5, 0.6) is 5.75 Å². The van der Waals surface area contributed by atoms with E-state index in [9.17, 15) is 18.0 Å². The van der Waals surface area contributed by atoms with Crippen molar-refractivity contribution >= 4 is 11.6 Å². The molecule has 1 amide bonds. The summed E-state index contributed by atoms with van der Waals surface area (Å²) < 4.78 is 44.1. The molecule has 0 unspecified atom stereocenters. The summed E-state index contributed by atoms with van der Waals surface area (Å²) >= 11 is 0. The van der Waals surface area contributed by atoms with Crippen LogP contribution in [0.15, 0.2) is 43.0 Å². The first-order chi connectivity index (χ1) is 14.2. The third-order valence-corrected chi connectivity index (χ3v) is 4.83. The van der Waals surface area contributed by atoms with Crippen molar-refractivity contribution in [2.75, 3.05) is 11.5 Å². The zero-order valence-electron chi connectivity index (χ0n) is 16.4. The average Bonchev–Trinajstić information content (AvgIpc) is 3.25. The van der Waals surface area contributed by atoms with Crippen LogP contribution in [0, 0.1) is 6.92 Å². The van der Waals surface area contributed by atoms with Gasteiger partial charge in [0, 0.05) is 23.5 Å². The third-order valence-electron chi connectivity index (χ3n) is 4.83. The van der Waals surface area contributed by atoms with Crippen molar-refractivity contribution in [2.45, 2.75) is 33.1 Å². The lowest BCUT2D eigenvalue weighted by molar-refractivity contribution is -0.142. The molecule has 0 aliphatic carbocycles. The molecule has 1 aromatic carbocycles. The molecule has 6 nitrogen and oxygen atoms in total. The van der Waals surface area contributed by atoms with Gasteiger partial charge in [-0.25, -0.2) is 0 Å². The summed E-state index contributed by atoms with van der Waals surface area (Å²) in [5, 5.41) is 3.74. The number of carbonyl (C=O) groups is 1. The molecule has 156 valence electrons. The predicted octanol–water partition coefficient (Wildman–Crippen LogP) is 4.37. The normalized spacial score (nSPS) is 13.6. The minimum atomic E-state index is -4.38. The summed E-state index contributed by atoms with van der Waals surface area (Å²) in [6, 6.07) is 5.69. The van der Waals surface area contributed by atoms with Crippen molar-refractivity contribution in [3.63, 3.8) is 0 Å². The van der Waals surface area contributed by atoms with E-state index < -0.39 is 12.7 Å². The maximum absolute atomic E-state index is 12.9. The van der Waals surface area contributed by atoms with Gasteiger partial charge in [-0.3, -0.25) is 14.5 Å². The van der Waals surface area contributed by atoms with Gasteiger partial charge in [-0.05, 0) is 42.7 Å². The fraction of sp³-hybridized carbons (Fsp3) is 0.286. The number of amides is 1. The van der Waals surface area contributed by atoms with Gasteiger partial charge in [0.2, 0.25) is 0 Å². The number of pyridine rings is 1. The highest BCUT2D eigenvalue weighted by atomic mass is 19.4. The van der Waals surface area contributed by atoms with Crippen molar-refractivity contribution in [3.05, 3.63) is 59.7 Å². The fourth-order valence-corrected chi connectivity index (χ4v) is 3.63. The first-order valence-corrected chi connectivity index (χ1v) is 9.38. The molecule has 0 fully saturated rings. The Balaban J connectivity index is 1.64. The molecular weight excluding hydrogens is 397 g/mol. The van der Waals surface area contributed by atoms with Crippen LogP contribution in [0.1, 0.15) is 28.4 Å². The Bertz CT molecular complexity index is 1110. The number of benzene rings is 1. The van der Waals surface area contributed by atoms with Gasteiger partial charge in [0.15, 0.2) is 0 Å². The maximum Gasteiger partial charge on any atom is 0.408 e. The molecule has 0 bridgehead atoms. The number of aromatic nitrogens is 3. The van der Waals surface area contributed by atoms with Gasteiger partial charge in [-0.15, -0.1) is 0 Å². The molecule has 3 heterocycles. The Morgan fingerprint density at radius 3 is 2.67 bits per heavy atom. The molecule has 3 aromatic rings. The fourth-order valence-electron chi connectivity index (χ4n) is 3.63. The predicted molar refractivity (Wildman–Crippen MR) is 104 cm³/mol. The van der Waals surface area contributed by atoms with E-state index in [0.29, 0.717) is 23.6 Å². The quantitative estimate of drug-likeness (QED) is 0.620. The number of rotatable bonds is 5. The molecule has 30 heavy (non-hydrogen) atoms. The largest absolute Gasteiger partial charge is 0.492 e. The van der Waals surface area contributed by atoms with Crippen molar-refractivity contribution in [1.82, 2.24) is 14.8 Å². The number of anilines is 1. The molecule has 0 radical (unpaired) electrons. The van der Waals surface area contributed by atoms with Gasteiger partial charge in [0.1, 0.15) is 12.3 Å². The summed E-state index contributed by atoms with van der Waals surface area (Å²) in [6.07, 6.45) is 1.50. The van der Waals surface area contributed by atoms with Crippen molar-refractivity contribution < 1.29 is 22.7 Å². The molecular formula is C21H19F3N4O2. The summed E-state index contributed by atoms with van der Waals surface area (Å²) in [6.45, 7) is 3.33. The summed E-state index contributed by atoms with van der Waals surface area (Å²) in [5.74, 6) is 0.407. The SMILES string of the molecule is CCOc1cncc(-c2cc(C)c3c(c2)CN(c2cnn(CC(F)(F)F)c2)C3=O)c1. The number of ether oxygens (including phenoxy) is 1. The Kier molecular flexibility index (Phi) is 4.97. The Morgan fingerprint density at radius 1 is 1.13 bits per heavy atom. The smallest absolute Gasteiger partial charge is 0.408 e. The second-order valence-electron chi connectivity index (χ2n) is 7.07. The van der Waals surface area contributed by atoms with Crippen molar-refractivity contribution in [2.24, 2.45) is 0 Å². The molecule has 1 aliphatic rings. The zero-order chi connectivity index (χ0) is 21.5. The molecule has 9 heteroatoms. The van der Waals surface area contributed by atoms with Crippen LogP contribution in [-0.4, -0.2) is 33.5 Å². The summed E-state index contributed by atoms with van der Waals surface area (Å²) in [4.78, 5) is 18.6. The van der Waals surface area contributed by atoms with E-state index in [1.807, 2.05) is 32.0 Å². The van der Waals surface area contributed by atoms with E-state index in [2.05, 4.69) is 10.1 Å². The Labute approximate surface area is 170 Å². The number of carbonyl (C=O) groups excluding carboxylic acids is 1. The second kappa shape index (κ2) is 7.47. The highest BCUT2D eigenvalue weighted by Gasteiger charge is 2.33. The van der Waals surface area contributed by atoms with Crippen LogP contribution in [0.3, 0.4) is 0 Å². The monoisotopic (exact) mass is 416 g/mol. The van der Waals surface area contributed by atoms with Crippen LogP contribution in [0.2, 0.25) is 0 Å². The molecule has 2 aromatic heterocycles. The topological polar surface area (TPSA) is 60.2 Å². The minimum absolute atomic E-state index is 0.248. The van der Waals surface area contributed by atoms with Gasteiger partial charge in [-0.2, -0.15) is 18.3 Å². The van der Waals surface area contributed by atoms with Gasteiger partial charge >= 0.3 is 6.18 Å². The number of hydrogen-bond donors (Lipinski definition) is 0. The molecule has 4 rings (SSSR count). The number of alkyl halides is 3. The van der Waals surface area contributed by atoms with Crippen molar-refractivity contribution in [1.29, 1.82) is 0 Å². The van der Waals surface area contributed by atoms with E-state index in [1.54, 1.807) is 12.4 Å². The second-order valence-corrected chi connectivity index (χ2v) is 7.07. The molecule has 0 N–H and O–H groups in total. The molecule has 0 saturated carbocycles. The van der Waals surface area contributed by atoms with E-state index >= 15 is 0 Å². The molecule has 0 spiro atoms. The van der Waals surface area contributed by atoms with Crippen LogP contribution < -0.4 is 9.64 Å². The first-order valence-electron chi connectivity index (χ1n) is 9.38. The van der Waals surface area contributed by atoms with E-state index in [4.69, 9.17) is 4.74 Å². The van der Waals surface area contributed by atoms with Gasteiger partial charge < -0.3 is 9.64 Å². The van der Waals surface area contributed by atoms with Crippen molar-refractivity contribution in [3.8, 4) is 16.9 Å². The maximum atomic E-state index is 12.9. The van der Waals surface area contributed by atoms with Crippen LogP contribution in [0.25, 0.3) is 11.1 Å². The van der Waals surface area contributed by atoms with Gasteiger partial charge in [0.25, 0.3) is 5.91 Å². The lowest BCUT2D eigenvalue weighted by atomic mass is 9.97. The van der Waals surface area contributed by atoms with Crippen LogP contribution >= 0.6 is 0 Å². The zero-order valence-corrected chi connectivity index (χ0v) is 16.4. The molecule has 0 saturated heterocycles. The van der Waals surface area contributed by atoms with E-state index in [-0.39, 0.29) is 12.5 Å². The number of aryl methyl sites for hydroxylation is 1. The molecule has 1 aliphatic heterocycles. The number of hydrogen-bond acceptors (Lipinski definition) is 4. The average molecular weight is 416 g/mol.